The molecule has 31 heavy (non-hydrogen) atoms. The van der Waals surface area contributed by atoms with Gasteiger partial charge in [0.05, 0.1) is 11.1 Å². The van der Waals surface area contributed by atoms with E-state index in [-0.39, 0.29) is 12.0 Å². The number of carbonyl (C=O) groups excluding carboxylic acids is 3. The standard InChI is InChI=1S/C19H19F6N3O3/c1-10-4-2-3-5-17(10)15(30)28(16(31)27-17)9-14(29)26-13-7-11(18(20,21)22)6-12(8-13)19(23,24)25/h6-8,10H,2-5,9H2,1H3,(H,26,29)(H,27,31). The van der Waals surface area contributed by atoms with Gasteiger partial charge in [0.15, 0.2) is 0 Å². The number of alkyl halides is 6. The summed E-state index contributed by atoms with van der Waals surface area (Å²) in [5.74, 6) is -1.90. The van der Waals surface area contributed by atoms with Crippen LogP contribution in [0.2, 0.25) is 0 Å². The Labute approximate surface area is 173 Å². The van der Waals surface area contributed by atoms with Gasteiger partial charge in [0.2, 0.25) is 5.91 Å². The van der Waals surface area contributed by atoms with Crippen molar-refractivity contribution in [2.24, 2.45) is 5.92 Å². The Hall–Kier alpha value is -2.79. The second kappa shape index (κ2) is 7.72. The maximum absolute atomic E-state index is 13.0. The van der Waals surface area contributed by atoms with E-state index < -0.39 is 59.1 Å². The molecule has 1 aliphatic carbocycles. The van der Waals surface area contributed by atoms with E-state index in [0.717, 1.165) is 6.42 Å². The van der Waals surface area contributed by atoms with Crippen molar-refractivity contribution in [1.82, 2.24) is 10.2 Å². The summed E-state index contributed by atoms with van der Waals surface area (Å²) in [6, 6.07) is -0.191. The predicted molar refractivity (Wildman–Crippen MR) is 95.7 cm³/mol. The van der Waals surface area contributed by atoms with Crippen molar-refractivity contribution in [2.75, 3.05) is 11.9 Å². The van der Waals surface area contributed by atoms with Crippen LogP contribution in [0.3, 0.4) is 0 Å². The summed E-state index contributed by atoms with van der Waals surface area (Å²) in [5.41, 5.74) is -5.08. The highest BCUT2D eigenvalue weighted by atomic mass is 19.4. The van der Waals surface area contributed by atoms with Crippen LogP contribution >= 0.6 is 0 Å². The van der Waals surface area contributed by atoms with Gasteiger partial charge in [-0.05, 0) is 37.0 Å². The molecule has 2 N–H and O–H groups in total. The average molecular weight is 451 g/mol. The van der Waals surface area contributed by atoms with E-state index in [1.54, 1.807) is 6.92 Å². The second-order valence-corrected chi connectivity index (χ2v) is 7.78. The number of hydrogen-bond acceptors (Lipinski definition) is 3. The molecule has 1 aromatic carbocycles. The number of urea groups is 1. The zero-order valence-electron chi connectivity index (χ0n) is 16.3. The highest BCUT2D eigenvalue weighted by Gasteiger charge is 2.55. The van der Waals surface area contributed by atoms with E-state index >= 15 is 0 Å². The first-order valence-corrected chi connectivity index (χ1v) is 9.47. The third kappa shape index (κ3) is 4.47. The quantitative estimate of drug-likeness (QED) is 0.535. The fraction of sp³-hybridized carbons (Fsp3) is 0.526. The van der Waals surface area contributed by atoms with Crippen LogP contribution < -0.4 is 10.6 Å². The highest BCUT2D eigenvalue weighted by molar-refractivity contribution is 6.10. The zero-order valence-corrected chi connectivity index (χ0v) is 16.3. The third-order valence-corrected chi connectivity index (χ3v) is 5.67. The first kappa shape index (κ1) is 22.9. The van der Waals surface area contributed by atoms with Gasteiger partial charge in [-0.1, -0.05) is 19.8 Å². The molecule has 2 fully saturated rings. The Morgan fingerprint density at radius 3 is 2.19 bits per heavy atom. The topological polar surface area (TPSA) is 78.5 Å². The monoisotopic (exact) mass is 451 g/mol. The van der Waals surface area contributed by atoms with Gasteiger partial charge in [-0.25, -0.2) is 4.79 Å². The van der Waals surface area contributed by atoms with E-state index in [1.807, 2.05) is 5.32 Å². The van der Waals surface area contributed by atoms with Crippen LogP contribution in [0.15, 0.2) is 18.2 Å². The Kier molecular flexibility index (Phi) is 5.70. The first-order chi connectivity index (χ1) is 14.2. The molecule has 12 heteroatoms. The van der Waals surface area contributed by atoms with Crippen molar-refractivity contribution >= 4 is 23.5 Å². The van der Waals surface area contributed by atoms with Crippen molar-refractivity contribution in [3.05, 3.63) is 29.3 Å². The van der Waals surface area contributed by atoms with Crippen LogP contribution in [-0.4, -0.2) is 34.8 Å². The summed E-state index contributed by atoms with van der Waals surface area (Å²) in [4.78, 5) is 38.0. The molecule has 170 valence electrons. The summed E-state index contributed by atoms with van der Waals surface area (Å²) in [7, 11) is 0. The number of carbonyl (C=O) groups is 3. The maximum atomic E-state index is 13.0. The molecule has 3 rings (SSSR count). The van der Waals surface area contributed by atoms with Crippen molar-refractivity contribution in [2.45, 2.75) is 50.5 Å². The maximum Gasteiger partial charge on any atom is 0.416 e. The highest BCUT2D eigenvalue weighted by Crippen LogP contribution is 2.39. The molecule has 0 aromatic heterocycles. The summed E-state index contributed by atoms with van der Waals surface area (Å²) in [5, 5.41) is 4.53. The van der Waals surface area contributed by atoms with E-state index in [0.29, 0.717) is 36.3 Å². The lowest BCUT2D eigenvalue weighted by molar-refractivity contribution is -0.143. The van der Waals surface area contributed by atoms with Gasteiger partial charge in [0, 0.05) is 5.69 Å². The smallest absolute Gasteiger partial charge is 0.325 e. The van der Waals surface area contributed by atoms with Crippen LogP contribution in [0, 0.1) is 5.92 Å². The molecular formula is C19H19F6N3O3. The van der Waals surface area contributed by atoms with Gasteiger partial charge in [-0.2, -0.15) is 26.3 Å². The molecule has 1 aromatic rings. The van der Waals surface area contributed by atoms with Crippen LogP contribution in [0.4, 0.5) is 36.8 Å². The SMILES string of the molecule is CC1CCCCC12NC(=O)N(CC(=O)Nc1cc(C(F)(F)F)cc(C(F)(F)F)c1)C2=O. The second-order valence-electron chi connectivity index (χ2n) is 7.78. The Morgan fingerprint density at radius 1 is 1.10 bits per heavy atom. The van der Waals surface area contributed by atoms with Gasteiger partial charge in [0.1, 0.15) is 12.1 Å². The minimum Gasteiger partial charge on any atom is -0.325 e. The summed E-state index contributed by atoms with van der Waals surface area (Å²) in [6.45, 7) is 0.957. The third-order valence-electron chi connectivity index (χ3n) is 5.67. The molecule has 1 saturated carbocycles. The molecule has 1 heterocycles. The Morgan fingerprint density at radius 2 is 1.68 bits per heavy atom. The molecule has 0 radical (unpaired) electrons. The minimum atomic E-state index is -5.07. The van der Waals surface area contributed by atoms with Crippen molar-refractivity contribution in [1.29, 1.82) is 0 Å². The molecule has 6 nitrogen and oxygen atoms in total. The van der Waals surface area contributed by atoms with E-state index in [9.17, 15) is 40.7 Å². The lowest BCUT2D eigenvalue weighted by atomic mass is 9.73. The first-order valence-electron chi connectivity index (χ1n) is 9.47. The van der Waals surface area contributed by atoms with Crippen LogP contribution in [0.1, 0.15) is 43.7 Å². The normalized spacial score (nSPS) is 24.5. The van der Waals surface area contributed by atoms with E-state index in [1.165, 1.54) is 0 Å². The molecule has 1 saturated heterocycles. The Bertz CT molecular complexity index is 882. The van der Waals surface area contributed by atoms with Crippen molar-refractivity contribution in [3.63, 3.8) is 0 Å². The number of anilines is 1. The largest absolute Gasteiger partial charge is 0.416 e. The molecule has 2 atom stereocenters. The van der Waals surface area contributed by atoms with Crippen LogP contribution in [-0.2, 0) is 21.9 Å². The predicted octanol–water partition coefficient (Wildman–Crippen LogP) is 4.16. The summed E-state index contributed by atoms with van der Waals surface area (Å²) < 4.78 is 77.7. The van der Waals surface area contributed by atoms with Crippen molar-refractivity contribution < 1.29 is 40.7 Å². The number of benzene rings is 1. The molecule has 2 aliphatic rings. The van der Waals surface area contributed by atoms with Crippen LogP contribution in [0.25, 0.3) is 0 Å². The molecule has 1 aliphatic heterocycles. The molecule has 0 bridgehead atoms. The van der Waals surface area contributed by atoms with E-state index in [2.05, 4.69) is 5.32 Å². The average Bonchev–Trinajstić information content (AvgIpc) is 2.87. The number of hydrogen-bond donors (Lipinski definition) is 2. The summed E-state index contributed by atoms with van der Waals surface area (Å²) in [6.07, 6.45) is -7.50. The molecule has 1 spiro atoms. The lowest BCUT2D eigenvalue weighted by Crippen LogP contribution is -2.54. The number of imide groups is 1. The number of nitrogens with zero attached hydrogens (tertiary/aromatic N) is 1. The van der Waals surface area contributed by atoms with Gasteiger partial charge in [-0.3, -0.25) is 14.5 Å². The lowest BCUT2D eigenvalue weighted by Gasteiger charge is -2.36. The number of nitrogens with one attached hydrogen (secondary N) is 2. The number of rotatable bonds is 3. The summed E-state index contributed by atoms with van der Waals surface area (Å²) >= 11 is 0. The van der Waals surface area contributed by atoms with E-state index in [4.69, 9.17) is 0 Å². The van der Waals surface area contributed by atoms with Gasteiger partial charge in [0.25, 0.3) is 5.91 Å². The van der Waals surface area contributed by atoms with Gasteiger partial charge >= 0.3 is 18.4 Å². The van der Waals surface area contributed by atoms with Gasteiger partial charge < -0.3 is 10.6 Å². The molecular weight excluding hydrogens is 432 g/mol. The number of amides is 4. The molecule has 4 amide bonds. The minimum absolute atomic E-state index is 0.0681. The number of halogens is 6. The Balaban J connectivity index is 1.79. The zero-order chi connectivity index (χ0) is 23.2. The molecule has 2 unspecified atom stereocenters. The fourth-order valence-electron chi connectivity index (χ4n) is 4.01. The van der Waals surface area contributed by atoms with Gasteiger partial charge in [-0.15, -0.1) is 0 Å². The van der Waals surface area contributed by atoms with Crippen LogP contribution in [0.5, 0.6) is 0 Å². The fourth-order valence-corrected chi connectivity index (χ4v) is 4.01. The van der Waals surface area contributed by atoms with Crippen molar-refractivity contribution in [3.8, 4) is 0 Å².